The van der Waals surface area contributed by atoms with Crippen molar-refractivity contribution in [2.45, 2.75) is 26.3 Å². The summed E-state index contributed by atoms with van der Waals surface area (Å²) in [5, 5.41) is 14.3. The number of amides is 3. The highest BCUT2D eigenvalue weighted by molar-refractivity contribution is 7.13. The van der Waals surface area contributed by atoms with E-state index in [1.165, 1.54) is 17.5 Å². The summed E-state index contributed by atoms with van der Waals surface area (Å²) in [5.41, 5.74) is 1.38. The average Bonchev–Trinajstić information content (AvgIpc) is 2.84. The van der Waals surface area contributed by atoms with Crippen LogP contribution in [-0.2, 0) is 9.59 Å². The van der Waals surface area contributed by atoms with E-state index in [1.807, 2.05) is 0 Å². The van der Waals surface area contributed by atoms with E-state index in [-0.39, 0.29) is 0 Å². The molecule has 0 bridgehead atoms. The Morgan fingerprint density at radius 1 is 1.29 bits per heavy atom. The van der Waals surface area contributed by atoms with Gasteiger partial charge in [0.2, 0.25) is 5.91 Å². The van der Waals surface area contributed by atoms with Gasteiger partial charge >= 0.3 is 6.09 Å². The minimum absolute atomic E-state index is 0.409. The van der Waals surface area contributed by atoms with Crippen LogP contribution in [0.25, 0.3) is 0 Å². The Bertz CT molecular complexity index is 548. The fourth-order valence-corrected chi connectivity index (χ4v) is 1.77. The largest absolute Gasteiger partial charge is 0.464 e. The van der Waals surface area contributed by atoms with E-state index in [4.69, 9.17) is 5.11 Å². The van der Waals surface area contributed by atoms with Crippen molar-refractivity contribution in [3.8, 4) is 0 Å². The van der Waals surface area contributed by atoms with Crippen LogP contribution in [0, 0.1) is 0 Å². The lowest BCUT2D eigenvalue weighted by molar-refractivity contribution is -0.122. The molecule has 3 amide bonds. The third-order valence-corrected chi connectivity index (χ3v) is 2.82. The van der Waals surface area contributed by atoms with Crippen LogP contribution in [0.1, 0.15) is 20.8 Å². The van der Waals surface area contributed by atoms with Crippen LogP contribution in [0.3, 0.4) is 0 Å². The van der Waals surface area contributed by atoms with Gasteiger partial charge in [-0.05, 0) is 20.8 Å². The minimum Gasteiger partial charge on any atom is -0.464 e. The van der Waals surface area contributed by atoms with Crippen LogP contribution in [0.15, 0.2) is 23.7 Å². The fraction of sp³-hybridized carbons (Fsp3) is 0.333. The maximum Gasteiger partial charge on any atom is 0.426 e. The first-order valence-corrected chi connectivity index (χ1v) is 6.80. The van der Waals surface area contributed by atoms with E-state index in [0.717, 1.165) is 17.2 Å². The standard InChI is InChI=1S/C12H16N4O4S/c1-12(2,3)16(11(19)20)15-9(18)5-4-8(17)14-10-13-6-7-21-10/h4-7H,1-3H3,(H,15,18)(H,19,20)(H,13,14,17)/b5-4+. The molecule has 1 aromatic heterocycles. The summed E-state index contributed by atoms with van der Waals surface area (Å²) in [6.07, 6.45) is 2.19. The van der Waals surface area contributed by atoms with Gasteiger partial charge in [-0.25, -0.2) is 14.8 Å². The lowest BCUT2D eigenvalue weighted by Crippen LogP contribution is -2.55. The van der Waals surface area contributed by atoms with Crippen LogP contribution in [0.4, 0.5) is 9.93 Å². The number of nitrogens with one attached hydrogen (secondary N) is 2. The summed E-state index contributed by atoms with van der Waals surface area (Å²) in [4.78, 5) is 38.0. The van der Waals surface area contributed by atoms with Gasteiger partial charge in [0.1, 0.15) is 0 Å². The van der Waals surface area contributed by atoms with Crippen LogP contribution < -0.4 is 10.7 Å². The second kappa shape index (κ2) is 6.84. The van der Waals surface area contributed by atoms with Gasteiger partial charge < -0.3 is 5.11 Å². The van der Waals surface area contributed by atoms with Gasteiger partial charge in [0, 0.05) is 23.7 Å². The van der Waals surface area contributed by atoms with Gasteiger partial charge in [-0.15, -0.1) is 11.3 Å². The molecule has 0 saturated heterocycles. The second-order valence-electron chi connectivity index (χ2n) is 4.92. The van der Waals surface area contributed by atoms with Crippen LogP contribution >= 0.6 is 11.3 Å². The van der Waals surface area contributed by atoms with E-state index < -0.39 is 23.4 Å². The minimum atomic E-state index is -1.29. The molecule has 21 heavy (non-hydrogen) atoms. The summed E-state index contributed by atoms with van der Waals surface area (Å²) in [6.45, 7) is 4.88. The fourth-order valence-electron chi connectivity index (χ4n) is 1.23. The van der Waals surface area contributed by atoms with Crippen molar-refractivity contribution >= 4 is 34.4 Å². The summed E-state index contributed by atoms with van der Waals surface area (Å²) >= 11 is 1.24. The normalized spacial score (nSPS) is 11.2. The van der Waals surface area contributed by atoms with Gasteiger partial charge in [0.25, 0.3) is 5.91 Å². The van der Waals surface area contributed by atoms with Crippen molar-refractivity contribution in [3.63, 3.8) is 0 Å². The zero-order valence-corrected chi connectivity index (χ0v) is 12.6. The molecule has 0 unspecified atom stereocenters. The van der Waals surface area contributed by atoms with E-state index in [0.29, 0.717) is 5.13 Å². The number of aromatic nitrogens is 1. The Labute approximate surface area is 125 Å². The highest BCUT2D eigenvalue weighted by atomic mass is 32.1. The summed E-state index contributed by atoms with van der Waals surface area (Å²) < 4.78 is 0. The van der Waals surface area contributed by atoms with Crippen LogP contribution in [-0.4, -0.2) is 38.5 Å². The molecule has 1 heterocycles. The number of carbonyl (C=O) groups is 3. The Balaban J connectivity index is 2.57. The molecule has 9 heteroatoms. The van der Waals surface area contributed by atoms with Crippen molar-refractivity contribution in [2.24, 2.45) is 0 Å². The maximum absolute atomic E-state index is 11.6. The van der Waals surface area contributed by atoms with Crippen LogP contribution in [0.5, 0.6) is 0 Å². The molecule has 8 nitrogen and oxygen atoms in total. The van der Waals surface area contributed by atoms with Gasteiger partial charge in [0.15, 0.2) is 5.13 Å². The first-order valence-electron chi connectivity index (χ1n) is 5.92. The number of hydrazine groups is 1. The molecule has 0 saturated carbocycles. The Morgan fingerprint density at radius 3 is 2.38 bits per heavy atom. The third kappa shape index (κ3) is 5.61. The monoisotopic (exact) mass is 312 g/mol. The molecule has 0 radical (unpaired) electrons. The molecule has 0 aliphatic rings. The number of thiazole rings is 1. The van der Waals surface area contributed by atoms with Crippen molar-refractivity contribution in [1.29, 1.82) is 0 Å². The molecule has 0 atom stereocenters. The van der Waals surface area contributed by atoms with Gasteiger partial charge in [-0.2, -0.15) is 0 Å². The summed E-state index contributed by atoms with van der Waals surface area (Å²) in [6, 6.07) is 0. The molecule has 1 aromatic rings. The number of nitrogens with zero attached hydrogens (tertiary/aromatic N) is 2. The highest BCUT2D eigenvalue weighted by Gasteiger charge is 2.27. The molecule has 0 aliphatic heterocycles. The first kappa shape index (κ1) is 16.6. The highest BCUT2D eigenvalue weighted by Crippen LogP contribution is 2.11. The topological polar surface area (TPSA) is 112 Å². The van der Waals surface area contributed by atoms with Crippen LogP contribution in [0.2, 0.25) is 0 Å². The van der Waals surface area contributed by atoms with E-state index in [1.54, 1.807) is 26.2 Å². The van der Waals surface area contributed by atoms with Crippen molar-refractivity contribution < 1.29 is 19.5 Å². The Kier molecular flexibility index (Phi) is 5.42. The van der Waals surface area contributed by atoms with Gasteiger partial charge in [-0.1, -0.05) is 0 Å². The van der Waals surface area contributed by atoms with Crippen molar-refractivity contribution in [3.05, 3.63) is 23.7 Å². The number of hydrogen-bond donors (Lipinski definition) is 3. The molecule has 0 aromatic carbocycles. The number of carboxylic acid groups (broad SMARTS) is 1. The molecule has 0 spiro atoms. The third-order valence-electron chi connectivity index (χ3n) is 2.13. The molecule has 3 N–H and O–H groups in total. The summed E-state index contributed by atoms with van der Waals surface area (Å²) in [5.74, 6) is -1.25. The SMILES string of the molecule is CC(C)(C)N(NC(=O)/C=C/C(=O)Nc1nccs1)C(=O)O. The molecule has 0 fully saturated rings. The number of hydrogen-bond acceptors (Lipinski definition) is 5. The number of rotatable bonds is 3. The summed E-state index contributed by atoms with van der Waals surface area (Å²) in [7, 11) is 0. The first-order chi connectivity index (χ1) is 9.70. The molecule has 0 aliphatic carbocycles. The average molecular weight is 312 g/mol. The zero-order valence-electron chi connectivity index (χ0n) is 11.8. The molecular weight excluding hydrogens is 296 g/mol. The van der Waals surface area contributed by atoms with Crippen molar-refractivity contribution in [2.75, 3.05) is 5.32 Å². The number of anilines is 1. The van der Waals surface area contributed by atoms with Gasteiger partial charge in [-0.3, -0.25) is 20.3 Å². The Morgan fingerprint density at radius 2 is 1.90 bits per heavy atom. The molecular formula is C12H16N4O4S. The molecule has 1 rings (SSSR count). The Hall–Kier alpha value is -2.42. The van der Waals surface area contributed by atoms with E-state index in [2.05, 4.69) is 15.7 Å². The lowest BCUT2D eigenvalue weighted by Gasteiger charge is -2.32. The van der Waals surface area contributed by atoms with E-state index in [9.17, 15) is 14.4 Å². The number of carbonyl (C=O) groups excluding carboxylic acids is 2. The predicted octanol–water partition coefficient (Wildman–Crippen LogP) is 1.45. The van der Waals surface area contributed by atoms with E-state index >= 15 is 0 Å². The predicted molar refractivity (Wildman–Crippen MR) is 77.6 cm³/mol. The smallest absolute Gasteiger partial charge is 0.426 e. The second-order valence-corrected chi connectivity index (χ2v) is 5.82. The van der Waals surface area contributed by atoms with Gasteiger partial charge in [0.05, 0.1) is 5.54 Å². The van der Waals surface area contributed by atoms with Crippen molar-refractivity contribution in [1.82, 2.24) is 15.4 Å². The lowest BCUT2D eigenvalue weighted by atomic mass is 10.1. The maximum atomic E-state index is 11.6. The zero-order chi connectivity index (χ0) is 16.0. The quantitative estimate of drug-likeness (QED) is 0.577. The molecule has 114 valence electrons.